The summed E-state index contributed by atoms with van der Waals surface area (Å²) in [4.78, 5) is 35.8. The normalized spacial score (nSPS) is 17.3. The molecule has 4 rings (SSSR count). The molecule has 1 amide bonds. The SMILES string of the molecule is Cc1cc(C)nc(NCCCC(=O)N2CCC3(CC2)CC(=O)c2cc(Cl)ccc2O3)n1. The van der Waals surface area contributed by atoms with E-state index in [2.05, 4.69) is 15.3 Å². The Morgan fingerprint density at radius 2 is 1.90 bits per heavy atom. The third-order valence-electron chi connectivity index (χ3n) is 5.91. The third-order valence-corrected chi connectivity index (χ3v) is 6.15. The predicted molar refractivity (Wildman–Crippen MR) is 119 cm³/mol. The van der Waals surface area contributed by atoms with Crippen molar-refractivity contribution in [3.05, 3.63) is 46.2 Å². The van der Waals surface area contributed by atoms with Crippen LogP contribution in [-0.2, 0) is 4.79 Å². The molecule has 2 aliphatic heterocycles. The van der Waals surface area contributed by atoms with E-state index in [4.69, 9.17) is 16.3 Å². The fraction of sp³-hybridized carbons (Fsp3) is 0.478. The molecule has 1 N–H and O–H groups in total. The van der Waals surface area contributed by atoms with Crippen LogP contribution in [0.25, 0.3) is 0 Å². The Morgan fingerprint density at radius 3 is 2.61 bits per heavy atom. The number of Topliss-reactive ketones (excluding diaryl/α,β-unsaturated/α-hetero) is 1. The lowest BCUT2D eigenvalue weighted by Crippen LogP contribution is -2.52. The van der Waals surface area contributed by atoms with Crippen LogP contribution in [0.5, 0.6) is 5.75 Å². The van der Waals surface area contributed by atoms with E-state index in [-0.39, 0.29) is 11.7 Å². The Labute approximate surface area is 187 Å². The first-order chi connectivity index (χ1) is 14.8. The largest absolute Gasteiger partial charge is 0.486 e. The van der Waals surface area contributed by atoms with Gasteiger partial charge < -0.3 is 15.0 Å². The Morgan fingerprint density at radius 1 is 1.19 bits per heavy atom. The molecule has 1 aromatic heterocycles. The maximum atomic E-state index is 12.6. The first-order valence-electron chi connectivity index (χ1n) is 10.7. The van der Waals surface area contributed by atoms with Gasteiger partial charge in [0.15, 0.2) is 5.78 Å². The molecule has 0 aliphatic carbocycles. The van der Waals surface area contributed by atoms with Crippen molar-refractivity contribution in [3.63, 3.8) is 0 Å². The van der Waals surface area contributed by atoms with E-state index in [1.165, 1.54) is 0 Å². The fourth-order valence-electron chi connectivity index (χ4n) is 4.31. The molecule has 31 heavy (non-hydrogen) atoms. The number of ketones is 1. The number of aromatic nitrogens is 2. The van der Waals surface area contributed by atoms with Crippen LogP contribution in [-0.4, -0.2) is 51.8 Å². The molecule has 0 bridgehead atoms. The number of piperidine rings is 1. The highest BCUT2D eigenvalue weighted by atomic mass is 35.5. The summed E-state index contributed by atoms with van der Waals surface area (Å²) in [6, 6.07) is 7.10. The fourth-order valence-corrected chi connectivity index (χ4v) is 4.48. The highest BCUT2D eigenvalue weighted by Crippen LogP contribution is 2.40. The van der Waals surface area contributed by atoms with E-state index in [9.17, 15) is 9.59 Å². The molecule has 2 aliphatic rings. The van der Waals surface area contributed by atoms with Crippen molar-refractivity contribution >= 4 is 29.2 Å². The van der Waals surface area contributed by atoms with Crippen molar-refractivity contribution in [1.29, 1.82) is 0 Å². The van der Waals surface area contributed by atoms with Gasteiger partial charge in [0, 0.05) is 55.3 Å². The van der Waals surface area contributed by atoms with E-state index in [0.29, 0.717) is 74.0 Å². The molecular formula is C23H27ClN4O3. The second-order valence-corrected chi connectivity index (χ2v) is 8.85. The summed E-state index contributed by atoms with van der Waals surface area (Å²) in [5, 5.41) is 3.72. The first kappa shape index (κ1) is 21.6. The smallest absolute Gasteiger partial charge is 0.223 e. The number of carbonyl (C=O) groups is 2. The Kier molecular flexibility index (Phi) is 6.14. The Bertz CT molecular complexity index is 982. The lowest BCUT2D eigenvalue weighted by Gasteiger charge is -2.44. The summed E-state index contributed by atoms with van der Waals surface area (Å²) >= 11 is 6.01. The second-order valence-electron chi connectivity index (χ2n) is 8.41. The minimum Gasteiger partial charge on any atom is -0.486 e. The quantitative estimate of drug-likeness (QED) is 0.705. The summed E-state index contributed by atoms with van der Waals surface area (Å²) in [6.07, 6.45) is 2.82. The van der Waals surface area contributed by atoms with E-state index < -0.39 is 5.60 Å². The number of anilines is 1. The number of likely N-dealkylation sites (tertiary alicyclic amines) is 1. The standard InChI is InChI=1S/C23H27ClN4O3/c1-15-12-16(2)27-22(26-15)25-9-3-4-21(30)28-10-7-23(8-11-28)14-19(29)18-13-17(24)5-6-20(18)31-23/h5-6,12-13H,3-4,7-11,14H2,1-2H3,(H,25,26,27). The first-order valence-corrected chi connectivity index (χ1v) is 11.1. The van der Waals surface area contributed by atoms with Crippen LogP contribution >= 0.6 is 11.6 Å². The summed E-state index contributed by atoms with van der Waals surface area (Å²) in [5.74, 6) is 1.39. The van der Waals surface area contributed by atoms with Crippen LogP contribution in [0.2, 0.25) is 5.02 Å². The average molecular weight is 443 g/mol. The van der Waals surface area contributed by atoms with Gasteiger partial charge in [-0.3, -0.25) is 9.59 Å². The highest BCUT2D eigenvalue weighted by Gasteiger charge is 2.43. The number of halogens is 1. The summed E-state index contributed by atoms with van der Waals surface area (Å²) in [5.41, 5.74) is 1.87. The number of carbonyl (C=O) groups excluding carboxylic acids is 2. The average Bonchev–Trinajstić information content (AvgIpc) is 2.72. The summed E-state index contributed by atoms with van der Waals surface area (Å²) < 4.78 is 6.24. The summed E-state index contributed by atoms with van der Waals surface area (Å²) in [6.45, 7) is 5.71. The van der Waals surface area contributed by atoms with Crippen molar-refractivity contribution in [3.8, 4) is 5.75 Å². The maximum Gasteiger partial charge on any atom is 0.223 e. The van der Waals surface area contributed by atoms with Crippen LogP contribution in [0.4, 0.5) is 5.95 Å². The molecule has 164 valence electrons. The molecule has 1 spiro atoms. The number of rotatable bonds is 5. The van der Waals surface area contributed by atoms with E-state index >= 15 is 0 Å². The van der Waals surface area contributed by atoms with E-state index in [1.54, 1.807) is 18.2 Å². The number of aryl methyl sites for hydroxylation is 2. The number of amides is 1. The minimum atomic E-state index is -0.517. The van der Waals surface area contributed by atoms with Crippen molar-refractivity contribution in [2.75, 3.05) is 25.0 Å². The van der Waals surface area contributed by atoms with Gasteiger partial charge in [0.1, 0.15) is 11.4 Å². The van der Waals surface area contributed by atoms with E-state index in [1.807, 2.05) is 24.8 Å². The zero-order valence-electron chi connectivity index (χ0n) is 17.9. The number of hydrogen-bond acceptors (Lipinski definition) is 6. The monoisotopic (exact) mass is 442 g/mol. The molecule has 1 aromatic carbocycles. The van der Waals surface area contributed by atoms with Gasteiger partial charge in [-0.05, 0) is 44.5 Å². The molecule has 0 unspecified atom stereocenters. The van der Waals surface area contributed by atoms with Gasteiger partial charge in [0.25, 0.3) is 0 Å². The van der Waals surface area contributed by atoms with Gasteiger partial charge in [0.2, 0.25) is 11.9 Å². The van der Waals surface area contributed by atoms with Crippen molar-refractivity contribution in [2.45, 2.75) is 51.6 Å². The zero-order chi connectivity index (χ0) is 22.0. The molecular weight excluding hydrogens is 416 g/mol. The number of ether oxygens (including phenoxy) is 1. The van der Waals surface area contributed by atoms with Gasteiger partial charge >= 0.3 is 0 Å². The lowest BCUT2D eigenvalue weighted by atomic mass is 9.82. The Balaban J connectivity index is 1.25. The molecule has 1 saturated heterocycles. The number of nitrogens with zero attached hydrogens (tertiary/aromatic N) is 3. The molecule has 7 nitrogen and oxygen atoms in total. The zero-order valence-corrected chi connectivity index (χ0v) is 18.7. The number of hydrogen-bond donors (Lipinski definition) is 1. The number of fused-ring (bicyclic) bond motifs is 1. The molecule has 0 radical (unpaired) electrons. The lowest BCUT2D eigenvalue weighted by molar-refractivity contribution is -0.134. The minimum absolute atomic E-state index is 0.0585. The van der Waals surface area contributed by atoms with Gasteiger partial charge in [-0.25, -0.2) is 9.97 Å². The number of nitrogens with one attached hydrogen (secondary N) is 1. The maximum absolute atomic E-state index is 12.6. The second kappa shape index (κ2) is 8.83. The van der Waals surface area contributed by atoms with Crippen molar-refractivity contribution < 1.29 is 14.3 Å². The van der Waals surface area contributed by atoms with Crippen LogP contribution in [0.15, 0.2) is 24.3 Å². The van der Waals surface area contributed by atoms with Crippen molar-refractivity contribution in [1.82, 2.24) is 14.9 Å². The topological polar surface area (TPSA) is 84.4 Å². The highest BCUT2D eigenvalue weighted by molar-refractivity contribution is 6.31. The number of benzene rings is 1. The molecule has 1 fully saturated rings. The van der Waals surface area contributed by atoms with E-state index in [0.717, 1.165) is 11.4 Å². The van der Waals surface area contributed by atoms with Crippen LogP contribution < -0.4 is 10.1 Å². The van der Waals surface area contributed by atoms with Gasteiger partial charge in [-0.1, -0.05) is 11.6 Å². The van der Waals surface area contributed by atoms with Gasteiger partial charge in [-0.2, -0.15) is 0 Å². The van der Waals surface area contributed by atoms with Gasteiger partial charge in [0.05, 0.1) is 12.0 Å². The van der Waals surface area contributed by atoms with Crippen LogP contribution in [0.3, 0.4) is 0 Å². The molecule has 2 aromatic rings. The third kappa shape index (κ3) is 4.98. The van der Waals surface area contributed by atoms with Crippen molar-refractivity contribution in [2.24, 2.45) is 0 Å². The Hall–Kier alpha value is -2.67. The molecule has 8 heteroatoms. The van der Waals surface area contributed by atoms with Gasteiger partial charge in [-0.15, -0.1) is 0 Å². The molecule has 0 saturated carbocycles. The molecule has 3 heterocycles. The van der Waals surface area contributed by atoms with Crippen LogP contribution in [0, 0.1) is 13.8 Å². The van der Waals surface area contributed by atoms with Crippen LogP contribution in [0.1, 0.15) is 53.8 Å². The predicted octanol–water partition coefficient (Wildman–Crippen LogP) is 3.97. The molecule has 0 atom stereocenters. The summed E-state index contributed by atoms with van der Waals surface area (Å²) in [7, 11) is 0.